The van der Waals surface area contributed by atoms with E-state index < -0.39 is 33.2 Å². The molecule has 16 aromatic carbocycles. The van der Waals surface area contributed by atoms with Gasteiger partial charge in [0, 0.05) is 56.6 Å². The summed E-state index contributed by atoms with van der Waals surface area (Å²) in [6.45, 7) is 16.0. The summed E-state index contributed by atoms with van der Waals surface area (Å²) in [4.78, 5) is 0. The van der Waals surface area contributed by atoms with E-state index in [2.05, 4.69) is 72.8 Å². The maximum atomic E-state index is 10.6. The molecule has 122 heavy (non-hydrogen) atoms. The molecule has 0 amide bonds. The van der Waals surface area contributed by atoms with Crippen LogP contribution < -0.4 is 18.9 Å². The number of hydrogen-bond acceptors (Lipinski definition) is 14. The molecule has 0 saturated heterocycles. The molecule has 0 aromatic heterocycles. The van der Waals surface area contributed by atoms with Gasteiger partial charge in [-0.3, -0.25) is 0 Å². The average Bonchev–Trinajstić information content (AvgIpc) is 0.719. The minimum Gasteiger partial charge on any atom is -0.508 e. The maximum absolute atomic E-state index is 10.6. The number of phenolic OH excluding ortho intramolecular Hbond substituents is 10. The van der Waals surface area contributed by atoms with Crippen LogP contribution in [0.3, 0.4) is 0 Å². The van der Waals surface area contributed by atoms with E-state index in [1.54, 1.807) is 84.9 Å². The molecular formula is C108H96O14. The van der Waals surface area contributed by atoms with Crippen molar-refractivity contribution in [2.45, 2.75) is 77.0 Å². The Morgan fingerprint density at radius 2 is 0.385 bits per heavy atom. The number of fused-ring (bicyclic) bond motifs is 8. The summed E-state index contributed by atoms with van der Waals surface area (Å²) in [6.07, 6.45) is 0. The van der Waals surface area contributed by atoms with Crippen LogP contribution in [-0.2, 0) is 21.7 Å². The first-order valence-electron chi connectivity index (χ1n) is 40.9. The van der Waals surface area contributed by atoms with Crippen molar-refractivity contribution in [3.63, 3.8) is 0 Å². The van der Waals surface area contributed by atoms with E-state index in [1.807, 2.05) is 262 Å². The fraction of sp³-hybridized carbons (Fsp3) is 0.111. The highest BCUT2D eigenvalue weighted by Crippen LogP contribution is 2.64. The summed E-state index contributed by atoms with van der Waals surface area (Å²) in [5, 5.41) is 103. The third kappa shape index (κ3) is 14.9. The minimum atomic E-state index is -0.970. The van der Waals surface area contributed by atoms with E-state index in [9.17, 15) is 51.1 Å². The topological polar surface area (TPSA) is 239 Å². The van der Waals surface area contributed by atoms with Crippen LogP contribution in [0, 0.1) is 0 Å². The molecule has 0 atom stereocenters. The van der Waals surface area contributed by atoms with Gasteiger partial charge in [-0.25, -0.2) is 0 Å². The Kier molecular flexibility index (Phi) is 25.8. The van der Waals surface area contributed by atoms with Gasteiger partial charge >= 0.3 is 0 Å². The zero-order valence-corrected chi connectivity index (χ0v) is 68.9. The minimum absolute atomic E-state index is 0.0242. The van der Waals surface area contributed by atoms with Gasteiger partial charge in [0.25, 0.3) is 0 Å². The van der Waals surface area contributed by atoms with Crippen LogP contribution in [0.5, 0.6) is 103 Å². The van der Waals surface area contributed by atoms with E-state index in [0.717, 1.165) is 77.9 Å². The molecule has 4 aliphatic rings. The molecule has 0 spiro atoms. The summed E-state index contributed by atoms with van der Waals surface area (Å²) >= 11 is 0. The highest BCUT2D eigenvalue weighted by atomic mass is 16.5. The Balaban J connectivity index is 0.000000136. The lowest BCUT2D eigenvalue weighted by Crippen LogP contribution is -2.34. The number of aromatic hydroxyl groups is 10. The molecular weight excluding hydrogens is 1520 g/mol. The summed E-state index contributed by atoms with van der Waals surface area (Å²) in [7, 11) is 0. The van der Waals surface area contributed by atoms with Crippen LogP contribution in [0.15, 0.2) is 376 Å². The van der Waals surface area contributed by atoms with Gasteiger partial charge in [-0.2, -0.15) is 0 Å². The fourth-order valence-corrected chi connectivity index (χ4v) is 17.1. The first-order chi connectivity index (χ1) is 59.7. The van der Waals surface area contributed by atoms with E-state index in [4.69, 9.17) is 18.9 Å². The number of rotatable bonds is 8. The molecule has 16 aromatic rings. The number of benzene rings is 16. The number of ether oxygens (including phenoxy) is 4. The van der Waals surface area contributed by atoms with Crippen molar-refractivity contribution < 1.29 is 70.0 Å². The van der Waals surface area contributed by atoms with Gasteiger partial charge in [0.15, 0.2) is 46.0 Å². The smallest absolute Gasteiger partial charge is 0.201 e. The summed E-state index contributed by atoms with van der Waals surface area (Å²) in [5.74, 6) is 2.45. The lowest BCUT2D eigenvalue weighted by Gasteiger charge is -2.41. The lowest BCUT2D eigenvalue weighted by atomic mass is 9.63. The van der Waals surface area contributed by atoms with Gasteiger partial charge in [-0.15, -0.1) is 0 Å². The normalized spacial score (nSPS) is 13.1. The maximum Gasteiger partial charge on any atom is 0.201 e. The first kappa shape index (κ1) is 84.6. The molecule has 14 nitrogen and oxygen atoms in total. The van der Waals surface area contributed by atoms with Gasteiger partial charge in [0.05, 0.1) is 21.7 Å². The van der Waals surface area contributed by atoms with Crippen molar-refractivity contribution in [3.05, 3.63) is 465 Å². The standard InChI is InChI=1S/C25H18O5.3C25H18O3.4C2H6/c26-19-13-11-17-23(21(19)28)30-24-18(12-14-20(27)22(24)29)25(17,15-7-3-1-4-8-15)16-9-5-2-6-10-16;26-21-15-7-13-19-23(21)28-24-20(14-8-16-22(24)27)25(19,17-9-3-1-4-10-17)18-11-5-2-6-12-18;26-19-11-13-23-21(15-19)25(17-7-3-1-4-8-17,18-9-5-2-6-10-18)22-16-20(27)12-14-24(22)28-23;26-19-11-13-21-23(15-19)28-24-16-20(27)12-14-22(24)25(21,17-7-3-1-4-8-17)18-9-5-2-6-10-18;4*1-2/h1-14,26-29H;3*1-16,26-27H;4*1-2H3. The quantitative estimate of drug-likeness (QED) is 0.0637. The molecule has 20 rings (SSSR count). The van der Waals surface area contributed by atoms with Crippen molar-refractivity contribution in [2.75, 3.05) is 0 Å². The zero-order chi connectivity index (χ0) is 86.3. The second kappa shape index (κ2) is 37.1. The fourth-order valence-electron chi connectivity index (χ4n) is 17.1. The van der Waals surface area contributed by atoms with Crippen molar-refractivity contribution in [1.29, 1.82) is 0 Å². The lowest BCUT2D eigenvalue weighted by molar-refractivity contribution is 0.334. The van der Waals surface area contributed by atoms with E-state index in [0.29, 0.717) is 45.6 Å². The second-order valence-electron chi connectivity index (χ2n) is 28.0. The van der Waals surface area contributed by atoms with Gasteiger partial charge in [0.2, 0.25) is 11.5 Å². The predicted octanol–water partition coefficient (Wildman–Crippen LogP) is 25.9. The average molecular weight is 1620 g/mol. The first-order valence-corrected chi connectivity index (χ1v) is 40.9. The summed E-state index contributed by atoms with van der Waals surface area (Å²) in [5.41, 5.74) is 11.4. The molecule has 0 radical (unpaired) electrons. The molecule has 0 fully saturated rings. The van der Waals surface area contributed by atoms with Crippen LogP contribution >= 0.6 is 0 Å². The largest absolute Gasteiger partial charge is 0.508 e. The predicted molar refractivity (Wildman–Crippen MR) is 481 cm³/mol. The van der Waals surface area contributed by atoms with Crippen LogP contribution in [0.25, 0.3) is 0 Å². The Labute approximate surface area is 711 Å². The molecule has 14 heteroatoms. The molecule has 4 heterocycles. The molecule has 612 valence electrons. The van der Waals surface area contributed by atoms with E-state index in [1.165, 1.54) is 12.1 Å². The second-order valence-corrected chi connectivity index (χ2v) is 28.0. The zero-order valence-electron chi connectivity index (χ0n) is 68.9. The van der Waals surface area contributed by atoms with Gasteiger partial charge in [-0.05, 0) is 129 Å². The third-order valence-electron chi connectivity index (χ3n) is 21.8. The van der Waals surface area contributed by atoms with Crippen molar-refractivity contribution in [3.8, 4) is 103 Å². The van der Waals surface area contributed by atoms with Crippen LogP contribution in [0.2, 0.25) is 0 Å². The molecule has 0 aliphatic carbocycles. The highest BCUT2D eigenvalue weighted by Gasteiger charge is 2.51. The Bertz CT molecular complexity index is 5770. The molecule has 0 bridgehead atoms. The third-order valence-corrected chi connectivity index (χ3v) is 21.8. The van der Waals surface area contributed by atoms with E-state index >= 15 is 0 Å². The number of hydrogen-bond donors (Lipinski definition) is 10. The van der Waals surface area contributed by atoms with Gasteiger partial charge < -0.3 is 70.0 Å². The molecule has 4 aliphatic heterocycles. The Hall–Kier alpha value is -15.3. The van der Waals surface area contributed by atoms with Gasteiger partial charge in [-0.1, -0.05) is 334 Å². The summed E-state index contributed by atoms with van der Waals surface area (Å²) < 4.78 is 24.2. The van der Waals surface area contributed by atoms with E-state index in [-0.39, 0.29) is 57.5 Å². The molecule has 0 unspecified atom stereocenters. The van der Waals surface area contributed by atoms with Crippen molar-refractivity contribution >= 4 is 0 Å². The number of para-hydroxylation sites is 2. The van der Waals surface area contributed by atoms with Gasteiger partial charge in [0.1, 0.15) is 46.0 Å². The molecule has 10 N–H and O–H groups in total. The van der Waals surface area contributed by atoms with Crippen LogP contribution in [0.4, 0.5) is 0 Å². The van der Waals surface area contributed by atoms with Crippen LogP contribution in [-0.4, -0.2) is 51.1 Å². The van der Waals surface area contributed by atoms with Crippen molar-refractivity contribution in [1.82, 2.24) is 0 Å². The number of phenols is 10. The highest BCUT2D eigenvalue weighted by molar-refractivity contribution is 5.79. The SMILES string of the molecule is CC.CC.CC.CC.Oc1ccc2c(c1)C(c1ccccc1)(c1ccccc1)c1cc(O)ccc1O2.Oc1ccc2c(c1)Oc1cc(O)ccc1C2(c1ccccc1)c1ccccc1.Oc1ccc2c(c1O)Oc1c(ccc(O)c1O)C2(c1ccccc1)c1ccccc1.Oc1cccc2c1Oc1c(O)cccc1C2(c1ccccc1)c1ccccc1. The Morgan fingerprint density at radius 3 is 0.672 bits per heavy atom. The Morgan fingerprint density at radius 1 is 0.164 bits per heavy atom. The molecule has 0 saturated carbocycles. The summed E-state index contributed by atoms with van der Waals surface area (Å²) in [6, 6.07) is 118. The van der Waals surface area contributed by atoms with Crippen molar-refractivity contribution in [2.24, 2.45) is 0 Å². The monoisotopic (exact) mass is 1620 g/mol. The van der Waals surface area contributed by atoms with Crippen LogP contribution in [0.1, 0.15) is 144 Å².